The van der Waals surface area contributed by atoms with E-state index < -0.39 is 0 Å². The number of hydrogen-bond donors (Lipinski definition) is 0. The van der Waals surface area contributed by atoms with E-state index in [-0.39, 0.29) is 13.1 Å². The minimum absolute atomic E-state index is 0.239. The number of halogens is 1. The van der Waals surface area contributed by atoms with Gasteiger partial charge in [0.15, 0.2) is 4.47 Å². The van der Waals surface area contributed by atoms with Crippen LogP contribution in [0, 0.1) is 22.7 Å². The van der Waals surface area contributed by atoms with Crippen molar-refractivity contribution in [3.05, 3.63) is 15.5 Å². The van der Waals surface area contributed by atoms with E-state index in [0.717, 1.165) is 4.88 Å². The Kier molecular flexibility index (Phi) is 4.34. The Morgan fingerprint density at radius 1 is 1.43 bits per heavy atom. The van der Waals surface area contributed by atoms with Crippen molar-refractivity contribution in [2.45, 2.75) is 6.54 Å². The molecule has 0 N–H and O–H groups in total. The number of nitrogens with zero attached hydrogens (tertiary/aromatic N) is 4. The number of hydrogen-bond acceptors (Lipinski definition) is 5. The van der Waals surface area contributed by atoms with Crippen LogP contribution in [0.25, 0.3) is 0 Å². The zero-order valence-electron chi connectivity index (χ0n) is 7.27. The SMILES string of the molecule is N#CCN(CC#N)Cc1cnc(Cl)s1. The lowest BCUT2D eigenvalue weighted by molar-refractivity contribution is 0.337. The molecule has 0 atom stereocenters. The molecule has 14 heavy (non-hydrogen) atoms. The summed E-state index contributed by atoms with van der Waals surface area (Å²) in [6.45, 7) is 1.03. The molecule has 4 nitrogen and oxygen atoms in total. The number of rotatable bonds is 4. The Morgan fingerprint density at radius 3 is 2.50 bits per heavy atom. The molecule has 0 bridgehead atoms. The van der Waals surface area contributed by atoms with Crippen molar-refractivity contribution in [1.82, 2.24) is 9.88 Å². The van der Waals surface area contributed by atoms with Gasteiger partial charge in [0.05, 0.1) is 25.2 Å². The summed E-state index contributed by atoms with van der Waals surface area (Å²) in [6.07, 6.45) is 1.66. The highest BCUT2D eigenvalue weighted by atomic mass is 35.5. The first-order chi connectivity index (χ1) is 6.76. The maximum Gasteiger partial charge on any atom is 0.183 e. The molecule has 72 valence electrons. The highest BCUT2D eigenvalue weighted by molar-refractivity contribution is 7.15. The van der Waals surface area contributed by atoms with Crippen molar-refractivity contribution in [2.75, 3.05) is 13.1 Å². The fraction of sp³-hybridized carbons (Fsp3) is 0.375. The van der Waals surface area contributed by atoms with E-state index in [0.29, 0.717) is 11.0 Å². The Morgan fingerprint density at radius 2 is 2.07 bits per heavy atom. The Hall–Kier alpha value is -1.14. The predicted molar refractivity (Wildman–Crippen MR) is 53.6 cm³/mol. The molecule has 0 radical (unpaired) electrons. The first kappa shape index (κ1) is 10.9. The van der Waals surface area contributed by atoms with Crippen molar-refractivity contribution in [3.8, 4) is 12.1 Å². The monoisotopic (exact) mass is 226 g/mol. The predicted octanol–water partition coefficient (Wildman–Crippen LogP) is 1.65. The average molecular weight is 227 g/mol. The Balaban J connectivity index is 2.56. The summed E-state index contributed by atoms with van der Waals surface area (Å²) in [6, 6.07) is 4.01. The van der Waals surface area contributed by atoms with Gasteiger partial charge in [-0.15, -0.1) is 11.3 Å². The molecule has 0 aliphatic carbocycles. The first-order valence-electron chi connectivity index (χ1n) is 3.82. The zero-order valence-corrected chi connectivity index (χ0v) is 8.85. The van der Waals surface area contributed by atoms with Crippen LogP contribution < -0.4 is 0 Å². The van der Waals surface area contributed by atoms with Gasteiger partial charge < -0.3 is 0 Å². The average Bonchev–Trinajstić information content (AvgIpc) is 2.52. The molecule has 0 unspecified atom stereocenters. The van der Waals surface area contributed by atoms with E-state index in [1.807, 2.05) is 12.1 Å². The van der Waals surface area contributed by atoms with Gasteiger partial charge in [-0.25, -0.2) is 4.98 Å². The summed E-state index contributed by atoms with van der Waals surface area (Å²) in [5, 5.41) is 17.0. The van der Waals surface area contributed by atoms with Crippen LogP contribution in [0.3, 0.4) is 0 Å². The van der Waals surface area contributed by atoms with Crippen LogP contribution in [0.15, 0.2) is 6.20 Å². The van der Waals surface area contributed by atoms with E-state index in [9.17, 15) is 0 Å². The topological polar surface area (TPSA) is 63.7 Å². The maximum atomic E-state index is 8.51. The van der Waals surface area contributed by atoms with Crippen LogP contribution in [0.1, 0.15) is 4.88 Å². The van der Waals surface area contributed by atoms with E-state index in [1.54, 1.807) is 11.1 Å². The van der Waals surface area contributed by atoms with Gasteiger partial charge in [-0.2, -0.15) is 10.5 Å². The molecule has 6 heteroatoms. The fourth-order valence-electron chi connectivity index (χ4n) is 0.945. The Labute approximate surface area is 91.0 Å². The third kappa shape index (κ3) is 3.31. The second kappa shape index (κ2) is 5.56. The van der Waals surface area contributed by atoms with Gasteiger partial charge in [-0.1, -0.05) is 11.6 Å². The molecular weight excluding hydrogens is 220 g/mol. The number of nitriles is 2. The summed E-state index contributed by atoms with van der Waals surface area (Å²) in [4.78, 5) is 6.57. The van der Waals surface area contributed by atoms with E-state index in [2.05, 4.69) is 4.98 Å². The third-order valence-electron chi connectivity index (χ3n) is 1.49. The second-order valence-corrected chi connectivity index (χ2v) is 4.24. The van der Waals surface area contributed by atoms with E-state index >= 15 is 0 Å². The molecule has 0 spiro atoms. The van der Waals surface area contributed by atoms with Crippen molar-refractivity contribution < 1.29 is 0 Å². The van der Waals surface area contributed by atoms with E-state index in [1.165, 1.54) is 11.3 Å². The molecular formula is C8H7ClN4S. The van der Waals surface area contributed by atoms with Crippen LogP contribution in [-0.4, -0.2) is 23.0 Å². The smallest absolute Gasteiger partial charge is 0.183 e. The van der Waals surface area contributed by atoms with Crippen LogP contribution >= 0.6 is 22.9 Å². The van der Waals surface area contributed by atoms with Crippen LogP contribution in [0.5, 0.6) is 0 Å². The lowest BCUT2D eigenvalue weighted by Gasteiger charge is -2.12. The Bertz CT molecular complexity index is 359. The number of aromatic nitrogens is 1. The molecule has 0 amide bonds. The highest BCUT2D eigenvalue weighted by Crippen LogP contribution is 2.18. The molecule has 0 saturated carbocycles. The first-order valence-corrected chi connectivity index (χ1v) is 5.02. The lowest BCUT2D eigenvalue weighted by atomic mass is 10.4. The van der Waals surface area contributed by atoms with Crippen molar-refractivity contribution >= 4 is 22.9 Å². The standard InChI is InChI=1S/C8H7ClN4S/c9-8-12-5-7(14-8)6-13(3-1-10)4-2-11/h5H,3-4,6H2. The molecule has 0 saturated heterocycles. The third-order valence-corrected chi connectivity index (χ3v) is 2.59. The molecule has 1 aromatic rings. The number of thiazole rings is 1. The van der Waals surface area contributed by atoms with Crippen LogP contribution in [0.2, 0.25) is 4.47 Å². The summed E-state index contributed by atoms with van der Waals surface area (Å²) in [5.74, 6) is 0. The molecule has 0 aliphatic heterocycles. The van der Waals surface area contributed by atoms with Crippen LogP contribution in [-0.2, 0) is 6.54 Å². The molecule has 1 heterocycles. The van der Waals surface area contributed by atoms with Gasteiger partial charge in [0.25, 0.3) is 0 Å². The van der Waals surface area contributed by atoms with Gasteiger partial charge >= 0.3 is 0 Å². The fourth-order valence-corrected chi connectivity index (χ4v) is 1.97. The van der Waals surface area contributed by atoms with Gasteiger partial charge in [0.2, 0.25) is 0 Å². The minimum Gasteiger partial charge on any atom is -0.272 e. The summed E-state index contributed by atoms with van der Waals surface area (Å²) in [5.41, 5.74) is 0. The molecule has 0 aromatic carbocycles. The molecule has 1 aromatic heterocycles. The van der Waals surface area contributed by atoms with Crippen molar-refractivity contribution in [3.63, 3.8) is 0 Å². The maximum absolute atomic E-state index is 8.51. The quantitative estimate of drug-likeness (QED) is 0.733. The largest absolute Gasteiger partial charge is 0.272 e. The molecule has 0 fully saturated rings. The highest BCUT2D eigenvalue weighted by Gasteiger charge is 2.07. The van der Waals surface area contributed by atoms with E-state index in [4.69, 9.17) is 22.1 Å². The molecule has 0 aliphatic rings. The van der Waals surface area contributed by atoms with Gasteiger partial charge in [0, 0.05) is 17.6 Å². The van der Waals surface area contributed by atoms with Crippen molar-refractivity contribution in [2.24, 2.45) is 0 Å². The van der Waals surface area contributed by atoms with Gasteiger partial charge in [-0.3, -0.25) is 4.90 Å². The van der Waals surface area contributed by atoms with Crippen molar-refractivity contribution in [1.29, 1.82) is 10.5 Å². The minimum atomic E-state index is 0.239. The summed E-state index contributed by atoms with van der Waals surface area (Å²) >= 11 is 7.02. The summed E-state index contributed by atoms with van der Waals surface area (Å²) in [7, 11) is 0. The van der Waals surface area contributed by atoms with Gasteiger partial charge in [0.1, 0.15) is 0 Å². The van der Waals surface area contributed by atoms with Gasteiger partial charge in [-0.05, 0) is 0 Å². The van der Waals surface area contributed by atoms with Crippen LogP contribution in [0.4, 0.5) is 0 Å². The zero-order chi connectivity index (χ0) is 10.4. The second-order valence-electron chi connectivity index (χ2n) is 2.54. The summed E-state index contributed by atoms with van der Waals surface area (Å²) < 4.78 is 0.480. The lowest BCUT2D eigenvalue weighted by Crippen LogP contribution is -2.23. The normalized spacial score (nSPS) is 9.71. The molecule has 1 rings (SSSR count).